The third kappa shape index (κ3) is 1.48. The van der Waals surface area contributed by atoms with Crippen molar-refractivity contribution in [2.45, 2.75) is 30.2 Å². The summed E-state index contributed by atoms with van der Waals surface area (Å²) in [6.07, 6.45) is -6.85. The van der Waals surface area contributed by atoms with Gasteiger partial charge in [-0.3, -0.25) is 0 Å². The van der Waals surface area contributed by atoms with E-state index in [1.165, 1.54) is 6.07 Å². The summed E-state index contributed by atoms with van der Waals surface area (Å²) in [6.45, 7) is -0.686. The van der Waals surface area contributed by atoms with Gasteiger partial charge in [0.1, 0.15) is 24.4 Å². The fraction of sp³-hybridized carbons (Fsp3) is 0.857. The summed E-state index contributed by atoms with van der Waals surface area (Å²) in [5.41, 5.74) is -2.54. The van der Waals surface area contributed by atoms with Crippen LogP contribution in [0.1, 0.15) is 0 Å². The van der Waals surface area contributed by atoms with Crippen molar-refractivity contribution in [3.63, 3.8) is 0 Å². The SMILES string of the molecule is N#C[C@]1(O)[C@H](O)[C@@H](CO)O[C@H](O)[C@@H]1O. The maximum Gasteiger partial charge on any atom is 0.210 e. The van der Waals surface area contributed by atoms with Crippen LogP contribution in [0.3, 0.4) is 0 Å². The largest absolute Gasteiger partial charge is 0.394 e. The van der Waals surface area contributed by atoms with Crippen LogP contribution >= 0.6 is 0 Å². The molecule has 1 fully saturated rings. The smallest absolute Gasteiger partial charge is 0.210 e. The van der Waals surface area contributed by atoms with Gasteiger partial charge in [0.15, 0.2) is 6.29 Å². The molecule has 0 amide bonds. The minimum Gasteiger partial charge on any atom is -0.394 e. The highest BCUT2D eigenvalue weighted by molar-refractivity contribution is 5.14. The van der Waals surface area contributed by atoms with Crippen molar-refractivity contribution in [2.24, 2.45) is 0 Å². The zero-order chi connectivity index (χ0) is 10.9. The van der Waals surface area contributed by atoms with Crippen LogP contribution in [-0.2, 0) is 4.74 Å². The van der Waals surface area contributed by atoms with Gasteiger partial charge in [0.05, 0.1) is 6.61 Å². The molecule has 0 spiro atoms. The quantitative estimate of drug-likeness (QED) is 0.283. The van der Waals surface area contributed by atoms with Gasteiger partial charge in [0.25, 0.3) is 0 Å². The molecule has 7 heteroatoms. The summed E-state index contributed by atoms with van der Waals surface area (Å²) in [5.74, 6) is 0. The fourth-order valence-electron chi connectivity index (χ4n) is 1.28. The molecule has 0 aromatic heterocycles. The molecule has 0 radical (unpaired) electrons. The van der Waals surface area contributed by atoms with Crippen LogP contribution in [0.2, 0.25) is 0 Å². The van der Waals surface area contributed by atoms with Gasteiger partial charge in [-0.05, 0) is 0 Å². The normalized spacial score (nSPS) is 48.6. The lowest BCUT2D eigenvalue weighted by Gasteiger charge is -2.42. The fourth-order valence-corrected chi connectivity index (χ4v) is 1.28. The molecule has 0 aromatic carbocycles. The highest BCUT2D eigenvalue weighted by atomic mass is 16.6. The standard InChI is InChI=1S/C7H11NO6/c8-2-7(13)4(10)3(1-9)14-6(12)5(7)11/h3-6,9-13H,1H2/t3-,4-,5+,6+,7+/m1/s1. The summed E-state index contributed by atoms with van der Waals surface area (Å²) < 4.78 is 4.55. The number of nitrogens with zero attached hydrogens (tertiary/aromatic N) is 1. The average Bonchev–Trinajstić information content (AvgIpc) is 2.20. The second kappa shape index (κ2) is 3.78. The molecule has 1 aliphatic heterocycles. The van der Waals surface area contributed by atoms with E-state index in [0.29, 0.717) is 0 Å². The number of rotatable bonds is 1. The minimum atomic E-state index is -2.54. The van der Waals surface area contributed by atoms with Crippen LogP contribution in [0.4, 0.5) is 0 Å². The molecule has 0 unspecified atom stereocenters. The van der Waals surface area contributed by atoms with E-state index in [1.54, 1.807) is 0 Å². The van der Waals surface area contributed by atoms with Crippen LogP contribution < -0.4 is 0 Å². The van der Waals surface area contributed by atoms with Crippen molar-refractivity contribution in [1.29, 1.82) is 5.26 Å². The zero-order valence-corrected chi connectivity index (χ0v) is 7.11. The third-order valence-corrected chi connectivity index (χ3v) is 2.20. The molecular formula is C7H11NO6. The first-order valence-electron chi connectivity index (χ1n) is 3.91. The Kier molecular flexibility index (Phi) is 3.06. The summed E-state index contributed by atoms with van der Waals surface area (Å²) in [5, 5.41) is 54.3. The van der Waals surface area contributed by atoms with E-state index in [2.05, 4.69) is 4.74 Å². The molecule has 0 aromatic rings. The maximum atomic E-state index is 9.48. The molecule has 1 rings (SSSR count). The van der Waals surface area contributed by atoms with Gasteiger partial charge < -0.3 is 30.3 Å². The summed E-state index contributed by atoms with van der Waals surface area (Å²) in [4.78, 5) is 0. The Bertz CT molecular complexity index is 253. The summed E-state index contributed by atoms with van der Waals surface area (Å²) in [7, 11) is 0. The van der Waals surface area contributed by atoms with Crippen molar-refractivity contribution in [2.75, 3.05) is 6.61 Å². The molecular weight excluding hydrogens is 194 g/mol. The molecule has 1 aliphatic rings. The van der Waals surface area contributed by atoms with E-state index in [9.17, 15) is 15.3 Å². The van der Waals surface area contributed by atoms with Crippen LogP contribution in [0.5, 0.6) is 0 Å². The lowest BCUT2D eigenvalue weighted by molar-refractivity contribution is -0.306. The van der Waals surface area contributed by atoms with Crippen molar-refractivity contribution in [3.05, 3.63) is 0 Å². The summed E-state index contributed by atoms with van der Waals surface area (Å²) in [6, 6.07) is 1.28. The third-order valence-electron chi connectivity index (χ3n) is 2.20. The van der Waals surface area contributed by atoms with Gasteiger partial charge >= 0.3 is 0 Å². The molecule has 80 valence electrons. The van der Waals surface area contributed by atoms with Crippen molar-refractivity contribution >= 4 is 0 Å². The predicted octanol–water partition coefficient (Wildman–Crippen LogP) is -3.33. The van der Waals surface area contributed by atoms with Crippen LogP contribution in [-0.4, -0.2) is 62.3 Å². The lowest BCUT2D eigenvalue weighted by atomic mass is 9.85. The molecule has 5 N–H and O–H groups in total. The van der Waals surface area contributed by atoms with Crippen LogP contribution in [0.15, 0.2) is 0 Å². The second-order valence-corrected chi connectivity index (χ2v) is 3.07. The van der Waals surface area contributed by atoms with E-state index >= 15 is 0 Å². The highest BCUT2D eigenvalue weighted by Crippen LogP contribution is 2.28. The number of nitriles is 1. The van der Waals surface area contributed by atoms with Crippen molar-refractivity contribution in [3.8, 4) is 6.07 Å². The van der Waals surface area contributed by atoms with Gasteiger partial charge in [-0.1, -0.05) is 0 Å². The first-order valence-corrected chi connectivity index (χ1v) is 3.91. The lowest BCUT2D eigenvalue weighted by Crippen LogP contribution is -2.66. The molecule has 14 heavy (non-hydrogen) atoms. The average molecular weight is 205 g/mol. The monoisotopic (exact) mass is 205 g/mol. The van der Waals surface area contributed by atoms with Crippen LogP contribution in [0.25, 0.3) is 0 Å². The van der Waals surface area contributed by atoms with Crippen molar-refractivity contribution in [1.82, 2.24) is 0 Å². The van der Waals surface area contributed by atoms with Crippen molar-refractivity contribution < 1.29 is 30.3 Å². The molecule has 7 nitrogen and oxygen atoms in total. The van der Waals surface area contributed by atoms with E-state index in [-0.39, 0.29) is 0 Å². The van der Waals surface area contributed by atoms with Crippen LogP contribution in [0, 0.1) is 11.3 Å². The Hall–Kier alpha value is -0.750. The first-order chi connectivity index (χ1) is 6.47. The van der Waals surface area contributed by atoms with E-state index in [0.717, 1.165) is 0 Å². The Morgan fingerprint density at radius 3 is 2.29 bits per heavy atom. The Morgan fingerprint density at radius 1 is 1.29 bits per heavy atom. The first kappa shape index (κ1) is 11.3. The van der Waals surface area contributed by atoms with Gasteiger partial charge in [0, 0.05) is 0 Å². The summed E-state index contributed by atoms with van der Waals surface area (Å²) >= 11 is 0. The second-order valence-electron chi connectivity index (χ2n) is 3.07. The molecule has 5 atom stereocenters. The molecule has 1 heterocycles. The zero-order valence-electron chi connectivity index (χ0n) is 7.11. The molecule has 0 aliphatic carbocycles. The molecule has 0 saturated carbocycles. The molecule has 1 saturated heterocycles. The number of hydrogen-bond acceptors (Lipinski definition) is 7. The molecule has 0 bridgehead atoms. The Morgan fingerprint density at radius 2 is 1.86 bits per heavy atom. The number of hydrogen-bond donors (Lipinski definition) is 5. The number of aliphatic hydroxyl groups excluding tert-OH is 4. The Labute approximate surface area is 79.4 Å². The van der Waals surface area contributed by atoms with Gasteiger partial charge in [-0.25, -0.2) is 0 Å². The van der Waals surface area contributed by atoms with Gasteiger partial charge in [-0.2, -0.15) is 5.26 Å². The van der Waals surface area contributed by atoms with E-state index in [4.69, 9.17) is 15.5 Å². The van der Waals surface area contributed by atoms with Gasteiger partial charge in [0.2, 0.25) is 5.60 Å². The maximum absolute atomic E-state index is 9.48. The predicted molar refractivity (Wildman–Crippen MR) is 40.5 cm³/mol. The topological polar surface area (TPSA) is 134 Å². The Balaban J connectivity index is 2.96. The highest BCUT2D eigenvalue weighted by Gasteiger charge is 2.55. The van der Waals surface area contributed by atoms with E-state index < -0.39 is 36.8 Å². The minimum absolute atomic E-state index is 0.686. The van der Waals surface area contributed by atoms with E-state index in [1.807, 2.05) is 0 Å². The number of ether oxygens (including phenoxy) is 1. The van der Waals surface area contributed by atoms with Gasteiger partial charge in [-0.15, -0.1) is 0 Å². The number of aliphatic hydroxyl groups is 5.